The largest absolute Gasteiger partial charge is 1.00 e. The van der Waals surface area contributed by atoms with Gasteiger partial charge in [-0.15, -0.1) is 13.1 Å². The summed E-state index contributed by atoms with van der Waals surface area (Å²) in [6.45, 7) is 9.08. The number of likely N-dealkylation sites (tertiary alicyclic amines) is 1. The van der Waals surface area contributed by atoms with E-state index in [1.807, 2.05) is 35.2 Å². The summed E-state index contributed by atoms with van der Waals surface area (Å²) >= 11 is 6.15. The van der Waals surface area contributed by atoms with Gasteiger partial charge in [0.25, 0.3) is 0 Å². The maximum absolute atomic E-state index is 14.1. The molecule has 1 saturated heterocycles. The van der Waals surface area contributed by atoms with Gasteiger partial charge in [-0.25, -0.2) is 9.97 Å². The van der Waals surface area contributed by atoms with Crippen LogP contribution in [-0.2, 0) is 16.0 Å². The normalized spacial score (nSPS) is 23.1. The molecule has 0 radical (unpaired) electrons. The molecule has 0 bridgehead atoms. The van der Waals surface area contributed by atoms with Crippen LogP contribution in [0.2, 0.25) is 5.02 Å². The van der Waals surface area contributed by atoms with E-state index in [1.165, 1.54) is 0 Å². The number of benzene rings is 1. The van der Waals surface area contributed by atoms with E-state index in [0.717, 1.165) is 49.9 Å². The third kappa shape index (κ3) is 7.59. The fraction of sp³-hybridized carbons (Fsp3) is 0.483. The zero-order valence-electron chi connectivity index (χ0n) is 22.3. The molecule has 1 aliphatic carbocycles. The molecule has 1 aromatic heterocycles. The first-order chi connectivity index (χ1) is 17.0. The van der Waals surface area contributed by atoms with Gasteiger partial charge in [0.15, 0.2) is 0 Å². The Balaban J connectivity index is 0.00000241. The van der Waals surface area contributed by atoms with Crippen molar-refractivity contribution in [2.45, 2.75) is 56.9 Å². The zero-order valence-corrected chi connectivity index (χ0v) is 23.1. The summed E-state index contributed by atoms with van der Waals surface area (Å²) in [5, 5.41) is 0.694. The van der Waals surface area contributed by atoms with Crippen LogP contribution in [0.15, 0.2) is 42.7 Å². The Kier molecular flexibility index (Phi) is 12.6. The maximum atomic E-state index is 14.1. The van der Waals surface area contributed by atoms with E-state index in [4.69, 9.17) is 11.6 Å². The van der Waals surface area contributed by atoms with Crippen LogP contribution in [0.4, 0.5) is 0 Å². The predicted octanol–water partition coefficient (Wildman–Crippen LogP) is 2.20. The van der Waals surface area contributed by atoms with Crippen molar-refractivity contribution in [2.75, 3.05) is 19.6 Å². The van der Waals surface area contributed by atoms with Crippen molar-refractivity contribution < 1.29 is 28.4 Å². The van der Waals surface area contributed by atoms with Crippen molar-refractivity contribution in [1.82, 2.24) is 19.8 Å². The van der Waals surface area contributed by atoms with Crippen molar-refractivity contribution in [1.29, 1.82) is 0 Å². The Bertz CT molecular complexity index is 987. The third-order valence-electron chi connectivity index (χ3n) is 7.64. The van der Waals surface area contributed by atoms with E-state index < -0.39 is 6.04 Å². The third-order valence-corrected chi connectivity index (χ3v) is 7.89. The van der Waals surface area contributed by atoms with Gasteiger partial charge in [-0.05, 0) is 74.1 Å². The first-order valence-corrected chi connectivity index (χ1v) is 13.1. The molecule has 196 valence electrons. The van der Waals surface area contributed by atoms with Crippen LogP contribution >= 0.6 is 11.6 Å². The molecule has 1 aliphatic heterocycles. The fourth-order valence-corrected chi connectivity index (χ4v) is 5.86. The van der Waals surface area contributed by atoms with E-state index in [1.54, 1.807) is 17.3 Å². The number of amides is 2. The molecule has 2 aliphatic rings. The van der Waals surface area contributed by atoms with Crippen LogP contribution < -0.4 is 18.9 Å². The van der Waals surface area contributed by atoms with Gasteiger partial charge < -0.3 is 31.1 Å². The number of aromatic nitrogens is 2. The van der Waals surface area contributed by atoms with Gasteiger partial charge in [0, 0.05) is 36.3 Å². The minimum Gasteiger partial charge on any atom is -0.401 e. The second-order valence-electron chi connectivity index (χ2n) is 9.66. The van der Waals surface area contributed by atoms with Crippen molar-refractivity contribution in [3.05, 3.63) is 80.4 Å². The number of halogens is 1. The molecule has 2 fully saturated rings. The summed E-state index contributed by atoms with van der Waals surface area (Å²) in [6.07, 6.45) is 9.67. The summed E-state index contributed by atoms with van der Waals surface area (Å²) in [7, 11) is 0. The minimum atomic E-state index is -0.407. The predicted molar refractivity (Wildman–Crippen MR) is 144 cm³/mol. The number of nitrogens with zero attached hydrogens (tertiary/aromatic N) is 4. The number of rotatable bonds is 8. The van der Waals surface area contributed by atoms with Crippen LogP contribution in [0.25, 0.3) is 0 Å². The molecule has 1 saturated carbocycles. The van der Waals surface area contributed by atoms with Gasteiger partial charge in [-0.1, -0.05) is 23.7 Å². The van der Waals surface area contributed by atoms with E-state index >= 15 is 0 Å². The average molecular weight is 517 g/mol. The van der Waals surface area contributed by atoms with E-state index in [0.29, 0.717) is 37.0 Å². The van der Waals surface area contributed by atoms with E-state index in [-0.39, 0.29) is 49.9 Å². The molecular weight excluding hydrogens is 479 g/mol. The molecule has 0 spiro atoms. The zero-order chi connectivity index (χ0) is 24.8. The number of carbonyl (C=O) groups excluding carboxylic acids is 2. The molecular formula is C29H38ClLiN4O2-2. The molecule has 8 heteroatoms. The van der Waals surface area contributed by atoms with Crippen LogP contribution in [0.3, 0.4) is 0 Å². The van der Waals surface area contributed by atoms with Crippen LogP contribution in [0.1, 0.15) is 55.8 Å². The molecule has 6 nitrogen and oxygen atoms in total. The van der Waals surface area contributed by atoms with Gasteiger partial charge >= 0.3 is 18.9 Å². The van der Waals surface area contributed by atoms with Crippen LogP contribution in [0.5, 0.6) is 0 Å². The Labute approximate surface area is 239 Å². The summed E-state index contributed by atoms with van der Waals surface area (Å²) in [5.41, 5.74) is 1.15. The van der Waals surface area contributed by atoms with Gasteiger partial charge in [0.2, 0.25) is 11.8 Å². The van der Waals surface area contributed by atoms with Crippen LogP contribution in [-0.4, -0.2) is 57.3 Å². The Morgan fingerprint density at radius 1 is 1.05 bits per heavy atom. The Morgan fingerprint density at radius 2 is 1.73 bits per heavy atom. The number of hydrogen-bond donors (Lipinski definition) is 0. The second-order valence-corrected chi connectivity index (χ2v) is 10.1. The summed E-state index contributed by atoms with van der Waals surface area (Å²) in [6, 6.07) is 9.32. The Morgan fingerprint density at radius 3 is 2.38 bits per heavy atom. The Hall–Kier alpha value is -1.87. The van der Waals surface area contributed by atoms with Crippen molar-refractivity contribution in [3.8, 4) is 0 Å². The number of carbonyl (C=O) groups is 2. The van der Waals surface area contributed by atoms with Crippen molar-refractivity contribution in [2.24, 2.45) is 11.8 Å². The van der Waals surface area contributed by atoms with E-state index in [9.17, 15) is 9.59 Å². The molecule has 37 heavy (non-hydrogen) atoms. The van der Waals surface area contributed by atoms with Crippen molar-refractivity contribution in [3.63, 3.8) is 0 Å². The molecule has 1 unspecified atom stereocenters. The van der Waals surface area contributed by atoms with Gasteiger partial charge in [0.1, 0.15) is 11.9 Å². The average Bonchev–Trinajstić information content (AvgIpc) is 3.39. The summed E-state index contributed by atoms with van der Waals surface area (Å²) in [4.78, 5) is 39.4. The smallest absolute Gasteiger partial charge is 0.401 e. The minimum absolute atomic E-state index is 0. The second kappa shape index (κ2) is 14.9. The van der Waals surface area contributed by atoms with Crippen molar-refractivity contribution >= 4 is 23.4 Å². The van der Waals surface area contributed by atoms with E-state index in [2.05, 4.69) is 23.8 Å². The fourth-order valence-electron chi connectivity index (χ4n) is 5.74. The summed E-state index contributed by atoms with van der Waals surface area (Å²) < 4.78 is 0. The monoisotopic (exact) mass is 516 g/mol. The summed E-state index contributed by atoms with van der Waals surface area (Å²) in [5.74, 6) is 1.31. The van der Waals surface area contributed by atoms with Gasteiger partial charge in [0.05, 0.1) is 0 Å². The molecule has 4 rings (SSSR count). The standard InChI is InChI=1S/C28H35ClN4O2.CH3.Li/c1-3-32(4-2)28(35)25-7-5-18-33(25)27(34)24-19-20(9-15-26-30-16-6-17-31-26)8-14-23(24)21-10-12-22(29)13-11-21;;/h6,10-13,16-17,20,23-25H,1-5,7-9,14-15,18-19H2;1H3;/q-2;-1;+1/t20?,23-,24+,25-;;/m0../s1. The van der Waals surface area contributed by atoms with Gasteiger partial charge in [-0.2, -0.15) is 0 Å². The first-order valence-electron chi connectivity index (χ1n) is 12.7. The number of hydrogen-bond acceptors (Lipinski definition) is 4. The maximum Gasteiger partial charge on any atom is 1.00 e. The SMILES string of the molecule is [CH2-]CN(C[CH2-])C(=O)[C@@H]1CCCN1C(=O)[C@@H]1CC(CCc2ncccn2)CC[C@H]1c1ccc(Cl)cc1.[CH3-].[Li+]. The molecule has 4 atom stereocenters. The number of aryl methyl sites for hydroxylation is 1. The molecule has 2 heterocycles. The van der Waals surface area contributed by atoms with Gasteiger partial charge in [-0.3, -0.25) is 9.59 Å². The topological polar surface area (TPSA) is 66.4 Å². The quantitative estimate of drug-likeness (QED) is 0.398. The van der Waals surface area contributed by atoms with Crippen LogP contribution in [0, 0.1) is 33.1 Å². The first kappa shape index (κ1) is 31.3. The molecule has 0 N–H and O–H groups in total. The molecule has 1 aromatic carbocycles. The molecule has 2 amide bonds. The molecule has 2 aromatic rings.